The third kappa shape index (κ3) is 7.35. The quantitative estimate of drug-likeness (QED) is 0.458. The molecule has 3 N–H and O–H groups in total. The summed E-state index contributed by atoms with van der Waals surface area (Å²) in [7, 11) is 1.19. The van der Waals surface area contributed by atoms with Gasteiger partial charge < -0.3 is 29.3 Å². The number of rotatable bonds is 7. The van der Waals surface area contributed by atoms with Crippen molar-refractivity contribution in [1.29, 1.82) is 0 Å². The maximum absolute atomic E-state index is 11.7. The molecule has 0 radical (unpaired) electrons. The van der Waals surface area contributed by atoms with Gasteiger partial charge in [0.05, 0.1) is 27.7 Å². The van der Waals surface area contributed by atoms with Crippen LogP contribution in [0.4, 0.5) is 5.82 Å². The third-order valence-electron chi connectivity index (χ3n) is 2.52. The molecule has 0 aliphatic carbocycles. The Morgan fingerprint density at radius 1 is 1.57 bits per heavy atom. The van der Waals surface area contributed by atoms with Gasteiger partial charge in [0.2, 0.25) is 0 Å². The van der Waals surface area contributed by atoms with Crippen LogP contribution in [0.25, 0.3) is 0 Å². The molecule has 0 fully saturated rings. The Labute approximate surface area is 122 Å². The smallest absolute Gasteiger partial charge is 0.349 e. The van der Waals surface area contributed by atoms with Crippen LogP contribution in [0, 0.1) is 0 Å². The van der Waals surface area contributed by atoms with E-state index < -0.39 is 25.7 Å². The van der Waals surface area contributed by atoms with Crippen molar-refractivity contribution < 1.29 is 23.6 Å². The van der Waals surface area contributed by atoms with E-state index in [1.54, 1.807) is 0 Å². The predicted molar refractivity (Wildman–Crippen MR) is 75.4 cm³/mol. The number of aromatic nitrogens is 2. The van der Waals surface area contributed by atoms with Crippen LogP contribution in [-0.4, -0.2) is 59.1 Å². The Hall–Kier alpha value is -1.25. The molecule has 10 heteroatoms. The van der Waals surface area contributed by atoms with Crippen molar-refractivity contribution in [3.63, 3.8) is 0 Å². The maximum Gasteiger partial charge on any atom is 0.349 e. The van der Waals surface area contributed by atoms with Crippen molar-refractivity contribution in [2.45, 2.75) is 12.6 Å². The van der Waals surface area contributed by atoms with Gasteiger partial charge in [0, 0.05) is 6.20 Å². The van der Waals surface area contributed by atoms with E-state index in [-0.39, 0.29) is 12.4 Å². The molecule has 1 rings (SSSR count). The number of likely N-dealkylation sites (N-methyl/N-ethyl adjacent to an activating group) is 1. The number of nitrogens with two attached hydrogens (primary N) is 1. The van der Waals surface area contributed by atoms with Crippen molar-refractivity contribution >= 4 is 13.4 Å². The van der Waals surface area contributed by atoms with Gasteiger partial charge in [-0.1, -0.05) is 0 Å². The van der Waals surface area contributed by atoms with Crippen LogP contribution in [-0.2, 0) is 15.8 Å². The average molecular weight is 320 g/mol. The van der Waals surface area contributed by atoms with Gasteiger partial charge in [-0.3, -0.25) is 4.57 Å². The first-order valence-electron chi connectivity index (χ1n) is 6.24. The number of hydrogen-bond donors (Lipinski definition) is 2. The third-order valence-corrected chi connectivity index (χ3v) is 3.00. The second-order valence-electron chi connectivity index (χ2n) is 5.82. The van der Waals surface area contributed by atoms with Crippen molar-refractivity contribution in [1.82, 2.24) is 9.55 Å². The monoisotopic (exact) mass is 320 g/mol. The fraction of sp³-hybridized carbons (Fsp3) is 0.636. The van der Waals surface area contributed by atoms with Crippen molar-refractivity contribution in [3.8, 4) is 0 Å². The number of nitrogen functional groups attached to an aromatic ring is 1. The SMILES string of the molecule is C[N+](C)(C)CC(Cn1ccc(N)nc1=O)OCP(=O)([O-])O. The summed E-state index contributed by atoms with van der Waals surface area (Å²) in [4.78, 5) is 34.9. The number of hydrogen-bond acceptors (Lipinski definition) is 6. The van der Waals surface area contributed by atoms with Crippen molar-refractivity contribution in [2.75, 3.05) is 39.8 Å². The molecule has 0 aliphatic heterocycles. The predicted octanol–water partition coefficient (Wildman–Crippen LogP) is -1.58. The fourth-order valence-electron chi connectivity index (χ4n) is 1.77. The van der Waals surface area contributed by atoms with E-state index in [0.29, 0.717) is 11.0 Å². The normalized spacial score (nSPS) is 16.4. The molecule has 1 aromatic heterocycles. The van der Waals surface area contributed by atoms with Crippen LogP contribution in [0.15, 0.2) is 17.1 Å². The second-order valence-corrected chi connectivity index (χ2v) is 7.35. The van der Waals surface area contributed by atoms with Gasteiger partial charge in [-0.2, -0.15) is 4.98 Å². The first-order chi connectivity index (χ1) is 9.46. The molecule has 0 aliphatic rings. The zero-order valence-corrected chi connectivity index (χ0v) is 13.2. The molecule has 2 atom stereocenters. The molecule has 0 saturated carbocycles. The van der Waals surface area contributed by atoms with E-state index >= 15 is 0 Å². The van der Waals surface area contributed by atoms with Gasteiger partial charge >= 0.3 is 5.69 Å². The number of anilines is 1. The largest absolute Gasteiger partial charge is 0.777 e. The standard InChI is InChI=1S/C11H21N4O5P/c1-15(2,3)7-9(20-8-21(17,18)19)6-14-5-4-10(12)13-11(14)16/h4-5,9H,6-8H2,1-3H3,(H3-,12,13,16,17,18,19). The lowest BCUT2D eigenvalue weighted by Crippen LogP contribution is -2.45. The molecule has 120 valence electrons. The molecule has 0 saturated heterocycles. The van der Waals surface area contributed by atoms with E-state index in [4.69, 9.17) is 15.4 Å². The molecule has 2 unspecified atom stereocenters. The Balaban J connectivity index is 2.85. The Morgan fingerprint density at radius 3 is 2.67 bits per heavy atom. The summed E-state index contributed by atoms with van der Waals surface area (Å²) in [6.45, 7) is 0.554. The topological polar surface area (TPSA) is 130 Å². The van der Waals surface area contributed by atoms with Gasteiger partial charge in [-0.25, -0.2) is 4.79 Å². The zero-order valence-electron chi connectivity index (χ0n) is 12.3. The first kappa shape index (κ1) is 17.8. The van der Waals surface area contributed by atoms with Crippen LogP contribution in [0.5, 0.6) is 0 Å². The van der Waals surface area contributed by atoms with Crippen LogP contribution >= 0.6 is 7.60 Å². The van der Waals surface area contributed by atoms with E-state index in [1.165, 1.54) is 16.8 Å². The van der Waals surface area contributed by atoms with Crippen LogP contribution in [0.2, 0.25) is 0 Å². The van der Waals surface area contributed by atoms with E-state index in [9.17, 15) is 14.3 Å². The number of quaternary nitrogens is 1. The maximum atomic E-state index is 11.7. The molecular weight excluding hydrogens is 299 g/mol. The Kier molecular flexibility index (Phi) is 5.66. The summed E-state index contributed by atoms with van der Waals surface area (Å²) in [5.74, 6) is 0.111. The summed E-state index contributed by atoms with van der Waals surface area (Å²) in [5, 5.41) is 0. The summed E-state index contributed by atoms with van der Waals surface area (Å²) in [6.07, 6.45) is 0.0869. The van der Waals surface area contributed by atoms with Crippen LogP contribution in [0.3, 0.4) is 0 Å². The molecule has 1 heterocycles. The highest BCUT2D eigenvalue weighted by molar-refractivity contribution is 7.50. The fourth-order valence-corrected chi connectivity index (χ4v) is 2.17. The van der Waals surface area contributed by atoms with Gasteiger partial charge in [0.15, 0.2) is 7.60 Å². The second kappa shape index (κ2) is 6.67. The van der Waals surface area contributed by atoms with Crippen LogP contribution in [0.1, 0.15) is 0 Å². The highest BCUT2D eigenvalue weighted by atomic mass is 31.2. The first-order valence-corrected chi connectivity index (χ1v) is 8.00. The summed E-state index contributed by atoms with van der Waals surface area (Å²) < 4.78 is 17.8. The van der Waals surface area contributed by atoms with Crippen LogP contribution < -0.4 is 16.3 Å². The van der Waals surface area contributed by atoms with E-state index in [0.717, 1.165) is 0 Å². The summed E-state index contributed by atoms with van der Waals surface area (Å²) >= 11 is 0. The molecule has 21 heavy (non-hydrogen) atoms. The molecule has 1 aromatic rings. The molecule has 0 aromatic carbocycles. The van der Waals surface area contributed by atoms with Gasteiger partial charge in [0.1, 0.15) is 24.8 Å². The van der Waals surface area contributed by atoms with Crippen molar-refractivity contribution in [3.05, 3.63) is 22.7 Å². The molecular formula is C11H21N4O5P. The lowest BCUT2D eigenvalue weighted by Gasteiger charge is -2.30. The highest BCUT2D eigenvalue weighted by Gasteiger charge is 2.21. The minimum absolute atomic E-state index is 0.111. The van der Waals surface area contributed by atoms with Gasteiger partial charge in [-0.15, -0.1) is 0 Å². The molecule has 0 amide bonds. The van der Waals surface area contributed by atoms with Gasteiger partial charge in [-0.05, 0) is 6.07 Å². The zero-order chi connectivity index (χ0) is 16.3. The number of ether oxygens (including phenoxy) is 1. The lowest BCUT2D eigenvalue weighted by molar-refractivity contribution is -0.873. The Bertz CT molecular complexity index is 577. The number of nitrogens with zero attached hydrogens (tertiary/aromatic N) is 3. The lowest BCUT2D eigenvalue weighted by atomic mass is 10.3. The average Bonchev–Trinajstić information content (AvgIpc) is 2.27. The van der Waals surface area contributed by atoms with Gasteiger partial charge in [0.25, 0.3) is 0 Å². The minimum atomic E-state index is -4.51. The molecule has 0 bridgehead atoms. The molecule has 0 spiro atoms. The molecule has 9 nitrogen and oxygen atoms in total. The van der Waals surface area contributed by atoms with E-state index in [2.05, 4.69) is 4.98 Å². The highest BCUT2D eigenvalue weighted by Crippen LogP contribution is 2.29. The minimum Gasteiger partial charge on any atom is -0.777 e. The Morgan fingerprint density at radius 2 is 2.19 bits per heavy atom. The summed E-state index contributed by atoms with van der Waals surface area (Å²) in [5.41, 5.74) is 4.86. The summed E-state index contributed by atoms with van der Waals surface area (Å²) in [6, 6.07) is 1.47. The van der Waals surface area contributed by atoms with E-state index in [1.807, 2.05) is 21.1 Å². The van der Waals surface area contributed by atoms with Crippen molar-refractivity contribution in [2.24, 2.45) is 0 Å².